The van der Waals surface area contributed by atoms with Gasteiger partial charge in [-0.15, -0.1) is 11.3 Å². The van der Waals surface area contributed by atoms with Crippen LogP contribution in [0, 0.1) is 6.92 Å². The Kier molecular flexibility index (Phi) is 4.83. The van der Waals surface area contributed by atoms with E-state index in [0.29, 0.717) is 24.0 Å². The molecule has 114 valence electrons. The summed E-state index contributed by atoms with van der Waals surface area (Å²) in [5.74, 6) is -0.0491. The third-order valence-electron chi connectivity index (χ3n) is 3.58. The predicted molar refractivity (Wildman–Crippen MR) is 88.4 cm³/mol. The van der Waals surface area contributed by atoms with Crippen LogP contribution < -0.4 is 5.56 Å². The number of nitrogens with zero attached hydrogens (tertiary/aromatic N) is 2. The van der Waals surface area contributed by atoms with Gasteiger partial charge in [-0.3, -0.25) is 9.59 Å². The van der Waals surface area contributed by atoms with Crippen molar-refractivity contribution in [2.75, 3.05) is 13.6 Å². The van der Waals surface area contributed by atoms with Crippen molar-refractivity contribution in [3.63, 3.8) is 0 Å². The second-order valence-electron chi connectivity index (χ2n) is 5.31. The Hall–Kier alpha value is -1.62. The Morgan fingerprint density at radius 3 is 2.67 bits per heavy atom. The quantitative estimate of drug-likeness (QED) is 0.851. The molecule has 0 aromatic carbocycles. The number of rotatable bonds is 5. The number of fused-ring (bicyclic) bond motifs is 1. The number of carbonyl (C=O) groups is 1. The van der Waals surface area contributed by atoms with Crippen LogP contribution in [0.2, 0.25) is 0 Å². The molecule has 0 saturated heterocycles. The Morgan fingerprint density at radius 1 is 1.33 bits per heavy atom. The molecule has 2 heterocycles. The van der Waals surface area contributed by atoms with E-state index in [1.54, 1.807) is 16.5 Å². The molecule has 0 aliphatic carbocycles. The van der Waals surface area contributed by atoms with Gasteiger partial charge in [0.1, 0.15) is 0 Å². The van der Waals surface area contributed by atoms with Crippen molar-refractivity contribution < 1.29 is 4.79 Å². The molecule has 0 unspecified atom stereocenters. The standard InChI is InChI=1S/C16H22N2O2S/c1-5-8-17(4)15(19)13-11(3)21-12-7-10-18(9-6-2)16(20)14(12)13/h7,10H,5-6,8-9H2,1-4H3. The number of hydrogen-bond acceptors (Lipinski definition) is 3. The Labute approximate surface area is 129 Å². The van der Waals surface area contributed by atoms with Crippen LogP contribution in [0.1, 0.15) is 41.9 Å². The zero-order chi connectivity index (χ0) is 15.6. The summed E-state index contributed by atoms with van der Waals surface area (Å²) in [6, 6.07) is 1.95. The first-order chi connectivity index (χ1) is 10.0. The molecule has 21 heavy (non-hydrogen) atoms. The van der Waals surface area contributed by atoms with Gasteiger partial charge in [-0.05, 0) is 25.8 Å². The van der Waals surface area contributed by atoms with Crippen LogP contribution in [-0.4, -0.2) is 29.0 Å². The predicted octanol–water partition coefficient (Wildman–Crippen LogP) is 3.26. The van der Waals surface area contributed by atoms with Crippen LogP contribution in [-0.2, 0) is 6.54 Å². The van der Waals surface area contributed by atoms with Gasteiger partial charge < -0.3 is 9.47 Å². The highest BCUT2D eigenvalue weighted by Gasteiger charge is 2.22. The summed E-state index contributed by atoms with van der Waals surface area (Å²) >= 11 is 1.52. The normalized spacial score (nSPS) is 11.0. The second-order valence-corrected chi connectivity index (χ2v) is 6.57. The smallest absolute Gasteiger partial charge is 0.260 e. The van der Waals surface area contributed by atoms with E-state index in [1.165, 1.54) is 11.3 Å². The van der Waals surface area contributed by atoms with E-state index in [9.17, 15) is 9.59 Å². The first kappa shape index (κ1) is 15.8. The molecule has 0 atom stereocenters. The fourth-order valence-corrected chi connectivity index (χ4v) is 3.61. The molecular formula is C16H22N2O2S. The molecule has 0 radical (unpaired) electrons. The lowest BCUT2D eigenvalue weighted by Gasteiger charge is -2.16. The van der Waals surface area contributed by atoms with Crippen LogP contribution >= 0.6 is 11.3 Å². The lowest BCUT2D eigenvalue weighted by atomic mass is 10.1. The molecule has 0 aliphatic rings. The minimum absolute atomic E-state index is 0.0491. The van der Waals surface area contributed by atoms with Crippen LogP contribution in [0.15, 0.2) is 17.1 Å². The van der Waals surface area contributed by atoms with E-state index >= 15 is 0 Å². The number of carbonyl (C=O) groups excluding carboxylic acids is 1. The van der Waals surface area contributed by atoms with Crippen molar-refractivity contribution >= 4 is 27.3 Å². The summed E-state index contributed by atoms with van der Waals surface area (Å²) in [6.45, 7) is 7.38. The Morgan fingerprint density at radius 2 is 2.05 bits per heavy atom. The van der Waals surface area contributed by atoms with Gasteiger partial charge in [0.25, 0.3) is 11.5 Å². The van der Waals surface area contributed by atoms with Gasteiger partial charge in [0.05, 0.1) is 10.9 Å². The number of aryl methyl sites for hydroxylation is 2. The molecule has 2 aromatic rings. The van der Waals surface area contributed by atoms with Gasteiger partial charge >= 0.3 is 0 Å². The Bertz CT molecular complexity index is 715. The number of aromatic nitrogens is 1. The molecule has 0 spiro atoms. The summed E-state index contributed by atoms with van der Waals surface area (Å²) in [7, 11) is 1.79. The van der Waals surface area contributed by atoms with Crippen LogP contribution in [0.3, 0.4) is 0 Å². The molecule has 0 bridgehead atoms. The van der Waals surface area contributed by atoms with Gasteiger partial charge in [-0.1, -0.05) is 13.8 Å². The summed E-state index contributed by atoms with van der Waals surface area (Å²) in [5, 5.41) is 0.585. The number of amides is 1. The zero-order valence-electron chi connectivity index (χ0n) is 13.1. The van der Waals surface area contributed by atoms with Crippen molar-refractivity contribution in [2.24, 2.45) is 0 Å². The molecule has 2 aromatic heterocycles. The van der Waals surface area contributed by atoms with E-state index in [-0.39, 0.29) is 11.5 Å². The van der Waals surface area contributed by atoms with E-state index < -0.39 is 0 Å². The summed E-state index contributed by atoms with van der Waals surface area (Å²) < 4.78 is 2.60. The maximum Gasteiger partial charge on any atom is 0.260 e. The van der Waals surface area contributed by atoms with Crippen molar-refractivity contribution in [1.29, 1.82) is 0 Å². The Balaban J connectivity index is 2.62. The molecule has 2 rings (SSSR count). The SMILES string of the molecule is CCCN(C)C(=O)c1c(C)sc2ccn(CCC)c(=O)c12. The monoisotopic (exact) mass is 306 g/mol. The van der Waals surface area contributed by atoms with E-state index in [1.807, 2.05) is 33.0 Å². The highest BCUT2D eigenvalue weighted by atomic mass is 32.1. The second kappa shape index (κ2) is 6.43. The minimum Gasteiger partial charge on any atom is -0.342 e. The first-order valence-corrected chi connectivity index (χ1v) is 8.20. The fourth-order valence-electron chi connectivity index (χ4n) is 2.57. The fraction of sp³-hybridized carbons (Fsp3) is 0.500. The van der Waals surface area contributed by atoms with Crippen LogP contribution in [0.5, 0.6) is 0 Å². The van der Waals surface area contributed by atoms with Crippen molar-refractivity contribution in [3.05, 3.63) is 33.1 Å². The summed E-state index contributed by atoms with van der Waals surface area (Å²) in [5.41, 5.74) is 0.536. The van der Waals surface area contributed by atoms with Crippen molar-refractivity contribution in [1.82, 2.24) is 9.47 Å². The van der Waals surface area contributed by atoms with E-state index in [0.717, 1.165) is 22.4 Å². The highest BCUT2D eigenvalue weighted by Crippen LogP contribution is 2.29. The third-order valence-corrected chi connectivity index (χ3v) is 4.65. The maximum absolute atomic E-state index is 12.6. The average molecular weight is 306 g/mol. The molecule has 1 amide bonds. The highest BCUT2D eigenvalue weighted by molar-refractivity contribution is 7.19. The van der Waals surface area contributed by atoms with Gasteiger partial charge in [0, 0.05) is 35.9 Å². The molecular weight excluding hydrogens is 284 g/mol. The third kappa shape index (κ3) is 2.88. The first-order valence-electron chi connectivity index (χ1n) is 7.39. The van der Waals surface area contributed by atoms with Crippen LogP contribution in [0.25, 0.3) is 10.1 Å². The van der Waals surface area contributed by atoms with E-state index in [2.05, 4.69) is 0 Å². The average Bonchev–Trinajstić information content (AvgIpc) is 2.78. The van der Waals surface area contributed by atoms with Crippen molar-refractivity contribution in [3.8, 4) is 0 Å². The van der Waals surface area contributed by atoms with Gasteiger partial charge in [-0.2, -0.15) is 0 Å². The molecule has 0 saturated carbocycles. The number of thiophene rings is 1. The van der Waals surface area contributed by atoms with Crippen molar-refractivity contribution in [2.45, 2.75) is 40.2 Å². The van der Waals surface area contributed by atoms with E-state index in [4.69, 9.17) is 0 Å². The zero-order valence-corrected chi connectivity index (χ0v) is 13.9. The number of pyridine rings is 1. The molecule has 4 nitrogen and oxygen atoms in total. The molecule has 0 N–H and O–H groups in total. The topological polar surface area (TPSA) is 42.3 Å². The van der Waals surface area contributed by atoms with Crippen LogP contribution in [0.4, 0.5) is 0 Å². The lowest BCUT2D eigenvalue weighted by Crippen LogP contribution is -2.29. The lowest BCUT2D eigenvalue weighted by molar-refractivity contribution is 0.0797. The molecule has 5 heteroatoms. The maximum atomic E-state index is 12.6. The van der Waals surface area contributed by atoms with Gasteiger partial charge in [0.15, 0.2) is 0 Å². The molecule has 0 aliphatic heterocycles. The molecule has 0 fully saturated rings. The largest absolute Gasteiger partial charge is 0.342 e. The summed E-state index contributed by atoms with van der Waals surface area (Å²) in [4.78, 5) is 27.9. The van der Waals surface area contributed by atoms with Gasteiger partial charge in [0.2, 0.25) is 0 Å². The summed E-state index contributed by atoms with van der Waals surface area (Å²) in [6.07, 6.45) is 3.63. The van der Waals surface area contributed by atoms with Gasteiger partial charge in [-0.25, -0.2) is 0 Å². The minimum atomic E-state index is -0.0491. The number of hydrogen-bond donors (Lipinski definition) is 0.